The Morgan fingerprint density at radius 1 is 1.05 bits per heavy atom. The summed E-state index contributed by atoms with van der Waals surface area (Å²) in [5, 5.41) is 3.27. The van der Waals surface area contributed by atoms with Crippen molar-refractivity contribution in [3.05, 3.63) is 58.1 Å². The van der Waals surface area contributed by atoms with Gasteiger partial charge in [0.1, 0.15) is 0 Å². The van der Waals surface area contributed by atoms with Gasteiger partial charge in [-0.2, -0.15) is 0 Å². The molecule has 0 saturated carbocycles. The van der Waals surface area contributed by atoms with E-state index in [4.69, 9.17) is 33.7 Å². The predicted molar refractivity (Wildman–Crippen MR) is 85.5 cm³/mol. The van der Waals surface area contributed by atoms with E-state index < -0.39 is 5.91 Å². The second kappa shape index (κ2) is 7.15. The summed E-state index contributed by atoms with van der Waals surface area (Å²) in [5.74, 6) is -0.664. The summed E-state index contributed by atoms with van der Waals surface area (Å²) in [6.07, 6.45) is 0. The van der Waals surface area contributed by atoms with Crippen molar-refractivity contribution < 1.29 is 14.3 Å². The van der Waals surface area contributed by atoms with Gasteiger partial charge in [-0.3, -0.25) is 9.59 Å². The van der Waals surface area contributed by atoms with Crippen LogP contribution in [0.1, 0.15) is 10.4 Å². The van der Waals surface area contributed by atoms with Gasteiger partial charge in [-0.15, -0.1) is 0 Å². The van der Waals surface area contributed by atoms with Crippen LogP contribution in [0.25, 0.3) is 0 Å². The molecule has 0 atom stereocenters. The number of anilines is 1. The number of carbonyl (C=O) groups excluding carboxylic acids is 2. The Bertz CT molecular complexity index is 682. The molecule has 2 amide bonds. The number of amides is 2. The first-order chi connectivity index (χ1) is 10.5. The normalized spacial score (nSPS) is 10.1. The van der Waals surface area contributed by atoms with Crippen LogP contribution in [0.5, 0.6) is 5.75 Å². The smallest absolute Gasteiger partial charge is 0.262 e. The summed E-state index contributed by atoms with van der Waals surface area (Å²) in [6, 6.07) is 11.1. The molecule has 0 aromatic heterocycles. The first-order valence-corrected chi connectivity index (χ1v) is 6.99. The zero-order valence-corrected chi connectivity index (χ0v) is 12.8. The maximum atomic E-state index is 11.8. The van der Waals surface area contributed by atoms with Crippen LogP contribution in [0.2, 0.25) is 10.0 Å². The molecule has 0 aliphatic carbocycles. The van der Waals surface area contributed by atoms with E-state index in [0.29, 0.717) is 21.3 Å². The predicted octanol–water partition coefficient (Wildman–Crippen LogP) is 3.11. The Balaban J connectivity index is 1.94. The lowest BCUT2D eigenvalue weighted by molar-refractivity contribution is -0.118. The number of hydrogen-bond acceptors (Lipinski definition) is 3. The van der Waals surface area contributed by atoms with Gasteiger partial charge >= 0.3 is 0 Å². The first kappa shape index (κ1) is 16.1. The highest BCUT2D eigenvalue weighted by Gasteiger charge is 2.10. The molecule has 5 nitrogen and oxygen atoms in total. The Hall–Kier alpha value is -2.24. The fourth-order valence-electron chi connectivity index (χ4n) is 1.67. The number of halogens is 2. The van der Waals surface area contributed by atoms with Gasteiger partial charge in [0.15, 0.2) is 12.4 Å². The second-order valence-corrected chi connectivity index (χ2v) is 5.14. The lowest BCUT2D eigenvalue weighted by atomic mass is 10.2. The maximum Gasteiger partial charge on any atom is 0.262 e. The van der Waals surface area contributed by atoms with E-state index in [2.05, 4.69) is 5.32 Å². The van der Waals surface area contributed by atoms with Crippen molar-refractivity contribution in [2.45, 2.75) is 0 Å². The molecule has 22 heavy (non-hydrogen) atoms. The molecule has 2 rings (SSSR count). The molecule has 0 spiro atoms. The van der Waals surface area contributed by atoms with Crippen molar-refractivity contribution in [2.24, 2.45) is 5.73 Å². The lowest BCUT2D eigenvalue weighted by Crippen LogP contribution is -2.20. The zero-order chi connectivity index (χ0) is 16.1. The first-order valence-electron chi connectivity index (χ1n) is 6.24. The Labute approximate surface area is 137 Å². The molecule has 7 heteroatoms. The van der Waals surface area contributed by atoms with Crippen LogP contribution in [-0.2, 0) is 4.79 Å². The van der Waals surface area contributed by atoms with E-state index in [1.807, 2.05) is 0 Å². The van der Waals surface area contributed by atoms with E-state index in [-0.39, 0.29) is 18.3 Å². The average Bonchev–Trinajstić information content (AvgIpc) is 2.47. The van der Waals surface area contributed by atoms with Gasteiger partial charge < -0.3 is 15.8 Å². The van der Waals surface area contributed by atoms with Crippen LogP contribution in [0.15, 0.2) is 42.5 Å². The summed E-state index contributed by atoms with van der Waals surface area (Å²) >= 11 is 11.9. The van der Waals surface area contributed by atoms with Gasteiger partial charge in [0.05, 0.1) is 10.0 Å². The molecule has 0 aliphatic heterocycles. The Morgan fingerprint density at radius 2 is 1.64 bits per heavy atom. The standard InChI is InChI=1S/C15H12Cl2N2O3/c16-11-2-1-3-12(17)14(11)22-8-13(20)19-10-6-4-9(5-7-10)15(18)21/h1-7H,8H2,(H2,18,21)(H,19,20). The SMILES string of the molecule is NC(=O)c1ccc(NC(=O)COc2c(Cl)cccc2Cl)cc1. The molecule has 0 saturated heterocycles. The van der Waals surface area contributed by atoms with Crippen LogP contribution in [-0.4, -0.2) is 18.4 Å². The Kier molecular flexibility index (Phi) is 5.25. The van der Waals surface area contributed by atoms with Crippen LogP contribution in [0, 0.1) is 0 Å². The molecule has 0 aliphatic rings. The van der Waals surface area contributed by atoms with Crippen LogP contribution < -0.4 is 15.8 Å². The number of hydrogen-bond donors (Lipinski definition) is 2. The summed E-state index contributed by atoms with van der Waals surface area (Å²) in [4.78, 5) is 22.8. The second-order valence-electron chi connectivity index (χ2n) is 4.33. The van der Waals surface area contributed by atoms with E-state index in [1.165, 1.54) is 12.1 Å². The van der Waals surface area contributed by atoms with Gasteiger partial charge in [-0.25, -0.2) is 0 Å². The van der Waals surface area contributed by atoms with Gasteiger partial charge in [-0.1, -0.05) is 29.3 Å². The number of ether oxygens (including phenoxy) is 1. The van der Waals surface area contributed by atoms with E-state index in [1.54, 1.807) is 30.3 Å². The van der Waals surface area contributed by atoms with Crippen molar-refractivity contribution in [3.8, 4) is 5.75 Å². The fourth-order valence-corrected chi connectivity index (χ4v) is 2.18. The molecule has 114 valence electrons. The quantitative estimate of drug-likeness (QED) is 0.878. The van der Waals surface area contributed by atoms with E-state index >= 15 is 0 Å². The van der Waals surface area contributed by atoms with Crippen LogP contribution in [0.4, 0.5) is 5.69 Å². The number of rotatable bonds is 5. The highest BCUT2D eigenvalue weighted by atomic mass is 35.5. The molecular weight excluding hydrogens is 327 g/mol. The molecule has 0 fully saturated rings. The number of nitrogens with two attached hydrogens (primary N) is 1. The summed E-state index contributed by atoms with van der Waals surface area (Å²) in [5.41, 5.74) is 6.01. The lowest BCUT2D eigenvalue weighted by Gasteiger charge is -2.10. The number of nitrogens with one attached hydrogen (secondary N) is 1. The number of para-hydroxylation sites is 1. The van der Waals surface area contributed by atoms with Gasteiger partial charge in [0.25, 0.3) is 5.91 Å². The molecule has 0 heterocycles. The summed E-state index contributed by atoms with van der Waals surface area (Å²) in [7, 11) is 0. The number of benzene rings is 2. The molecule has 3 N–H and O–H groups in total. The number of primary amides is 1. The highest BCUT2D eigenvalue weighted by molar-refractivity contribution is 6.37. The molecule has 0 radical (unpaired) electrons. The average molecular weight is 339 g/mol. The van der Waals surface area contributed by atoms with Crippen molar-refractivity contribution in [1.29, 1.82) is 0 Å². The van der Waals surface area contributed by atoms with Gasteiger partial charge in [0.2, 0.25) is 5.91 Å². The molecule has 0 bridgehead atoms. The highest BCUT2D eigenvalue weighted by Crippen LogP contribution is 2.32. The van der Waals surface area contributed by atoms with Crippen molar-refractivity contribution in [2.75, 3.05) is 11.9 Å². The minimum atomic E-state index is -0.533. The van der Waals surface area contributed by atoms with E-state index in [0.717, 1.165) is 0 Å². The summed E-state index contributed by atoms with van der Waals surface area (Å²) < 4.78 is 5.31. The minimum Gasteiger partial charge on any atom is -0.481 e. The Morgan fingerprint density at radius 3 is 2.18 bits per heavy atom. The van der Waals surface area contributed by atoms with E-state index in [9.17, 15) is 9.59 Å². The summed E-state index contributed by atoms with van der Waals surface area (Å²) in [6.45, 7) is -0.249. The third-order valence-corrected chi connectivity index (χ3v) is 3.31. The maximum absolute atomic E-state index is 11.8. The minimum absolute atomic E-state index is 0.249. The van der Waals surface area contributed by atoms with Crippen LogP contribution in [0.3, 0.4) is 0 Å². The topological polar surface area (TPSA) is 81.4 Å². The molecular formula is C15H12Cl2N2O3. The van der Waals surface area contributed by atoms with Gasteiger partial charge in [0, 0.05) is 11.3 Å². The van der Waals surface area contributed by atoms with Crippen molar-refractivity contribution >= 4 is 40.7 Å². The fraction of sp³-hybridized carbons (Fsp3) is 0.0667. The molecule has 0 unspecified atom stereocenters. The monoisotopic (exact) mass is 338 g/mol. The largest absolute Gasteiger partial charge is 0.481 e. The van der Waals surface area contributed by atoms with Crippen molar-refractivity contribution in [3.63, 3.8) is 0 Å². The molecule has 2 aromatic carbocycles. The number of carbonyl (C=O) groups is 2. The molecule has 2 aromatic rings. The zero-order valence-electron chi connectivity index (χ0n) is 11.3. The van der Waals surface area contributed by atoms with Gasteiger partial charge in [-0.05, 0) is 36.4 Å². The third kappa shape index (κ3) is 4.13. The van der Waals surface area contributed by atoms with Crippen LogP contribution >= 0.6 is 23.2 Å². The van der Waals surface area contributed by atoms with Crippen molar-refractivity contribution in [1.82, 2.24) is 0 Å². The third-order valence-electron chi connectivity index (χ3n) is 2.72.